The summed E-state index contributed by atoms with van der Waals surface area (Å²) in [6.07, 6.45) is 5.00. The molecule has 0 fully saturated rings. The van der Waals surface area contributed by atoms with Gasteiger partial charge in [0.05, 0.1) is 0 Å². The normalized spacial score (nSPS) is 12.9. The predicted molar refractivity (Wildman–Crippen MR) is 68.8 cm³/mol. The minimum Gasteiger partial charge on any atom is -0.490 e. The first-order valence-corrected chi connectivity index (χ1v) is 5.85. The highest BCUT2D eigenvalue weighted by Crippen LogP contribution is 2.21. The van der Waals surface area contributed by atoms with Gasteiger partial charge in [0.25, 0.3) is 0 Å². The molecule has 2 N–H and O–H groups in total. The lowest BCUT2D eigenvalue weighted by Gasteiger charge is -2.09. The molecule has 0 amide bonds. The Morgan fingerprint density at radius 2 is 1.94 bits per heavy atom. The fraction of sp³-hybridized carbons (Fsp3) is 0.429. The summed E-state index contributed by atoms with van der Waals surface area (Å²) >= 11 is 0. The Bertz CT molecular complexity index is 316. The van der Waals surface area contributed by atoms with Crippen molar-refractivity contribution >= 4 is 0 Å². The van der Waals surface area contributed by atoms with Crippen molar-refractivity contribution in [3.05, 3.63) is 42.0 Å². The van der Waals surface area contributed by atoms with Gasteiger partial charge in [-0.2, -0.15) is 0 Å². The highest BCUT2D eigenvalue weighted by molar-refractivity contribution is 5.29. The van der Waals surface area contributed by atoms with E-state index in [2.05, 4.69) is 26.0 Å². The van der Waals surface area contributed by atoms with Crippen molar-refractivity contribution < 1.29 is 4.74 Å². The molecule has 1 atom stereocenters. The third-order valence-electron chi connectivity index (χ3n) is 2.71. The lowest BCUT2D eigenvalue weighted by molar-refractivity contribution is 0.362. The van der Waals surface area contributed by atoms with Crippen LogP contribution in [0.5, 0.6) is 5.75 Å². The monoisotopic (exact) mass is 219 g/mol. The summed E-state index contributed by atoms with van der Waals surface area (Å²) in [5.41, 5.74) is 6.70. The fourth-order valence-electron chi connectivity index (χ4n) is 1.44. The van der Waals surface area contributed by atoms with Gasteiger partial charge in [-0.15, -0.1) is 0 Å². The van der Waals surface area contributed by atoms with Crippen LogP contribution in [-0.2, 0) is 0 Å². The summed E-state index contributed by atoms with van der Waals surface area (Å²) in [6, 6.07) is 8.32. The topological polar surface area (TPSA) is 35.2 Å². The third kappa shape index (κ3) is 4.07. The molecule has 2 nitrogen and oxygen atoms in total. The molecule has 88 valence electrons. The Labute approximate surface area is 98.1 Å². The van der Waals surface area contributed by atoms with E-state index in [4.69, 9.17) is 10.5 Å². The predicted octanol–water partition coefficient (Wildman–Crippen LogP) is 3.09. The second-order valence-electron chi connectivity index (χ2n) is 3.90. The second-order valence-corrected chi connectivity index (χ2v) is 3.90. The van der Waals surface area contributed by atoms with E-state index in [0.29, 0.717) is 19.1 Å². The molecule has 1 aromatic rings. The Morgan fingerprint density at radius 1 is 1.25 bits per heavy atom. The molecule has 1 aromatic carbocycles. The van der Waals surface area contributed by atoms with Crippen LogP contribution in [0.2, 0.25) is 0 Å². The van der Waals surface area contributed by atoms with Gasteiger partial charge >= 0.3 is 0 Å². The number of hydrogen-bond donors (Lipinski definition) is 1. The van der Waals surface area contributed by atoms with Crippen molar-refractivity contribution in [2.75, 3.05) is 13.2 Å². The third-order valence-corrected chi connectivity index (χ3v) is 2.71. The van der Waals surface area contributed by atoms with Gasteiger partial charge in [-0.25, -0.2) is 0 Å². The number of nitrogens with two attached hydrogens (primary N) is 1. The molecule has 0 radical (unpaired) electrons. The fourth-order valence-corrected chi connectivity index (χ4v) is 1.44. The minimum atomic E-state index is 0.566. The van der Waals surface area contributed by atoms with Crippen molar-refractivity contribution in [1.29, 1.82) is 0 Å². The van der Waals surface area contributed by atoms with Crippen LogP contribution in [0.1, 0.15) is 31.7 Å². The van der Waals surface area contributed by atoms with Gasteiger partial charge in [0, 0.05) is 6.54 Å². The zero-order valence-electron chi connectivity index (χ0n) is 10.1. The SMILES string of the molecule is CCC(C)c1ccc(OC/C=C/CN)cc1. The molecule has 16 heavy (non-hydrogen) atoms. The molecule has 0 aromatic heterocycles. The van der Waals surface area contributed by atoms with Crippen molar-refractivity contribution in [1.82, 2.24) is 0 Å². The first-order valence-electron chi connectivity index (χ1n) is 5.85. The average Bonchev–Trinajstić information content (AvgIpc) is 2.34. The zero-order chi connectivity index (χ0) is 11.8. The lowest BCUT2D eigenvalue weighted by Crippen LogP contribution is -1.97. The first kappa shape index (κ1) is 12.8. The van der Waals surface area contributed by atoms with Gasteiger partial charge in [0.1, 0.15) is 12.4 Å². The van der Waals surface area contributed by atoms with E-state index in [0.717, 1.165) is 5.75 Å². The summed E-state index contributed by atoms with van der Waals surface area (Å²) in [5.74, 6) is 1.53. The lowest BCUT2D eigenvalue weighted by atomic mass is 9.99. The Balaban J connectivity index is 2.48. The summed E-state index contributed by atoms with van der Waals surface area (Å²) < 4.78 is 5.53. The van der Waals surface area contributed by atoms with Gasteiger partial charge in [-0.1, -0.05) is 38.1 Å². The molecule has 1 rings (SSSR count). The molecule has 1 unspecified atom stereocenters. The van der Waals surface area contributed by atoms with Crippen LogP contribution in [0.15, 0.2) is 36.4 Å². The number of benzene rings is 1. The highest BCUT2D eigenvalue weighted by atomic mass is 16.5. The van der Waals surface area contributed by atoms with Crippen LogP contribution in [0.3, 0.4) is 0 Å². The van der Waals surface area contributed by atoms with E-state index in [1.54, 1.807) is 0 Å². The van der Waals surface area contributed by atoms with Crippen molar-refractivity contribution in [3.8, 4) is 5.75 Å². The number of hydrogen-bond acceptors (Lipinski definition) is 2. The zero-order valence-corrected chi connectivity index (χ0v) is 10.1. The smallest absolute Gasteiger partial charge is 0.119 e. The van der Waals surface area contributed by atoms with E-state index in [1.165, 1.54) is 12.0 Å². The van der Waals surface area contributed by atoms with Crippen molar-refractivity contribution in [2.24, 2.45) is 5.73 Å². The second kappa shape index (κ2) is 7.07. The highest BCUT2D eigenvalue weighted by Gasteiger charge is 2.02. The standard InChI is InChI=1S/C14H21NO/c1-3-12(2)13-6-8-14(9-7-13)16-11-5-4-10-15/h4-9,12H,3,10-11,15H2,1-2H3/b5-4+. The quantitative estimate of drug-likeness (QED) is 0.746. The van der Waals surface area contributed by atoms with E-state index < -0.39 is 0 Å². The largest absolute Gasteiger partial charge is 0.490 e. The maximum atomic E-state index is 5.53. The van der Waals surface area contributed by atoms with E-state index in [9.17, 15) is 0 Å². The Hall–Kier alpha value is -1.28. The molecule has 0 aliphatic rings. The molecule has 0 aliphatic heterocycles. The van der Waals surface area contributed by atoms with Crippen molar-refractivity contribution in [3.63, 3.8) is 0 Å². The summed E-state index contributed by atoms with van der Waals surface area (Å²) in [5, 5.41) is 0. The molecule has 0 saturated carbocycles. The maximum Gasteiger partial charge on any atom is 0.119 e. The Morgan fingerprint density at radius 3 is 2.50 bits per heavy atom. The van der Waals surface area contributed by atoms with E-state index in [-0.39, 0.29) is 0 Å². The number of rotatable bonds is 6. The summed E-state index contributed by atoms with van der Waals surface area (Å²) in [7, 11) is 0. The van der Waals surface area contributed by atoms with Gasteiger partial charge in [-0.3, -0.25) is 0 Å². The van der Waals surface area contributed by atoms with Crippen LogP contribution < -0.4 is 10.5 Å². The summed E-state index contributed by atoms with van der Waals surface area (Å²) in [4.78, 5) is 0. The molecule has 0 saturated heterocycles. The van der Waals surface area contributed by atoms with Crippen LogP contribution in [0, 0.1) is 0 Å². The summed E-state index contributed by atoms with van der Waals surface area (Å²) in [6.45, 7) is 5.59. The molecule has 0 aliphatic carbocycles. The van der Waals surface area contributed by atoms with Crippen LogP contribution >= 0.6 is 0 Å². The molecule has 2 heteroatoms. The minimum absolute atomic E-state index is 0.566. The molecule has 0 heterocycles. The average molecular weight is 219 g/mol. The molecule has 0 bridgehead atoms. The van der Waals surface area contributed by atoms with Gasteiger partial charge in [0.2, 0.25) is 0 Å². The molecular formula is C14H21NO. The molecule has 0 spiro atoms. The Kier molecular flexibility index (Phi) is 5.65. The van der Waals surface area contributed by atoms with E-state index in [1.807, 2.05) is 24.3 Å². The maximum absolute atomic E-state index is 5.53. The van der Waals surface area contributed by atoms with Crippen LogP contribution in [0.25, 0.3) is 0 Å². The van der Waals surface area contributed by atoms with Crippen molar-refractivity contribution in [2.45, 2.75) is 26.2 Å². The van der Waals surface area contributed by atoms with Crippen LogP contribution in [0.4, 0.5) is 0 Å². The van der Waals surface area contributed by atoms with Gasteiger partial charge < -0.3 is 10.5 Å². The molecular weight excluding hydrogens is 198 g/mol. The first-order chi connectivity index (χ1) is 7.77. The number of ether oxygens (including phenoxy) is 1. The van der Waals surface area contributed by atoms with Gasteiger partial charge in [0.15, 0.2) is 0 Å². The van der Waals surface area contributed by atoms with Gasteiger partial charge in [-0.05, 0) is 30.0 Å². The van der Waals surface area contributed by atoms with E-state index >= 15 is 0 Å². The van der Waals surface area contributed by atoms with Crippen LogP contribution in [-0.4, -0.2) is 13.2 Å².